The van der Waals surface area contributed by atoms with Gasteiger partial charge in [0.1, 0.15) is 5.82 Å². The molecule has 1 saturated heterocycles. The third-order valence-electron chi connectivity index (χ3n) is 5.39. The van der Waals surface area contributed by atoms with Crippen LogP contribution in [0.15, 0.2) is 24.3 Å². The molecule has 0 unspecified atom stereocenters. The van der Waals surface area contributed by atoms with Gasteiger partial charge in [-0.2, -0.15) is 0 Å². The number of carbonyl (C=O) groups excluding carboxylic acids is 2. The minimum Gasteiger partial charge on any atom is -0.381 e. The van der Waals surface area contributed by atoms with Crippen LogP contribution < -0.4 is 10.6 Å². The van der Waals surface area contributed by atoms with Gasteiger partial charge in [0.05, 0.1) is 0 Å². The number of rotatable bonds is 4. The van der Waals surface area contributed by atoms with Crippen LogP contribution >= 0.6 is 0 Å². The first-order valence-electron chi connectivity index (χ1n) is 9.02. The fraction of sp³-hybridized carbons (Fsp3) is 0.579. The molecule has 1 aliphatic heterocycles. The summed E-state index contributed by atoms with van der Waals surface area (Å²) in [5, 5.41) is 5.58. The summed E-state index contributed by atoms with van der Waals surface area (Å²) >= 11 is 0. The minimum atomic E-state index is -0.597. The summed E-state index contributed by atoms with van der Waals surface area (Å²) in [6.45, 7) is 1.52. The summed E-state index contributed by atoms with van der Waals surface area (Å²) in [5.41, 5.74) is 0.642. The van der Waals surface area contributed by atoms with Gasteiger partial charge in [-0.1, -0.05) is 25.0 Å². The van der Waals surface area contributed by atoms with Gasteiger partial charge in [-0.25, -0.2) is 4.39 Å². The predicted octanol–water partition coefficient (Wildman–Crippen LogP) is 2.05. The summed E-state index contributed by atoms with van der Waals surface area (Å²) in [7, 11) is 0. The Kier molecular flexibility index (Phi) is 5.68. The van der Waals surface area contributed by atoms with Crippen molar-refractivity contribution in [2.24, 2.45) is 0 Å². The van der Waals surface area contributed by atoms with Gasteiger partial charge in [-0.05, 0) is 43.4 Å². The zero-order valence-corrected chi connectivity index (χ0v) is 14.4. The molecule has 2 amide bonds. The molecule has 0 spiro atoms. The maximum Gasteiger partial charge on any atom is 0.309 e. The number of carbonyl (C=O) groups is 2. The molecular weight excluding hydrogens is 323 g/mol. The van der Waals surface area contributed by atoms with Gasteiger partial charge >= 0.3 is 11.8 Å². The maximum absolute atomic E-state index is 13.2. The Morgan fingerprint density at radius 2 is 1.72 bits per heavy atom. The van der Waals surface area contributed by atoms with Crippen molar-refractivity contribution in [3.8, 4) is 0 Å². The minimum absolute atomic E-state index is 0.118. The molecular formula is C19H25FN2O3. The second-order valence-electron chi connectivity index (χ2n) is 7.04. The summed E-state index contributed by atoms with van der Waals surface area (Å²) in [6.07, 6.45) is 5.53. The van der Waals surface area contributed by atoms with Gasteiger partial charge in [0.15, 0.2) is 0 Å². The number of ether oxygens (including phenoxy) is 1. The van der Waals surface area contributed by atoms with Crippen LogP contribution in [0.3, 0.4) is 0 Å². The van der Waals surface area contributed by atoms with Crippen molar-refractivity contribution in [1.29, 1.82) is 0 Å². The number of nitrogens with one attached hydrogen (secondary N) is 2. The van der Waals surface area contributed by atoms with Gasteiger partial charge in [-0.15, -0.1) is 0 Å². The van der Waals surface area contributed by atoms with E-state index in [-0.39, 0.29) is 17.3 Å². The van der Waals surface area contributed by atoms with Crippen LogP contribution in [0.2, 0.25) is 0 Å². The molecule has 1 saturated carbocycles. The summed E-state index contributed by atoms with van der Waals surface area (Å²) < 4.78 is 18.7. The Morgan fingerprint density at radius 1 is 1.08 bits per heavy atom. The Morgan fingerprint density at radius 3 is 2.36 bits per heavy atom. The molecule has 2 fully saturated rings. The van der Waals surface area contributed by atoms with E-state index in [1.807, 2.05) is 0 Å². The average Bonchev–Trinajstić information content (AvgIpc) is 3.14. The lowest BCUT2D eigenvalue weighted by Gasteiger charge is -2.37. The highest BCUT2D eigenvalue weighted by Gasteiger charge is 2.35. The molecule has 3 rings (SSSR count). The molecule has 1 heterocycles. The number of hydrogen-bond donors (Lipinski definition) is 2. The summed E-state index contributed by atoms with van der Waals surface area (Å²) in [4.78, 5) is 24.2. The van der Waals surface area contributed by atoms with E-state index in [1.54, 1.807) is 12.1 Å². The van der Waals surface area contributed by atoms with Crippen LogP contribution in [-0.2, 0) is 19.7 Å². The highest BCUT2D eigenvalue weighted by molar-refractivity contribution is 6.35. The monoisotopic (exact) mass is 348 g/mol. The Balaban J connectivity index is 1.63. The zero-order valence-electron chi connectivity index (χ0n) is 14.4. The maximum atomic E-state index is 13.2. The number of hydrogen-bond acceptors (Lipinski definition) is 3. The largest absolute Gasteiger partial charge is 0.381 e. The van der Waals surface area contributed by atoms with Crippen LogP contribution in [0.1, 0.15) is 44.1 Å². The van der Waals surface area contributed by atoms with Crippen LogP contribution in [0.4, 0.5) is 4.39 Å². The molecule has 136 valence electrons. The van der Waals surface area contributed by atoms with Crippen LogP contribution in [-0.4, -0.2) is 37.6 Å². The van der Waals surface area contributed by atoms with Gasteiger partial charge < -0.3 is 15.4 Å². The van der Waals surface area contributed by atoms with Crippen molar-refractivity contribution < 1.29 is 18.7 Å². The first kappa shape index (κ1) is 17.9. The highest BCUT2D eigenvalue weighted by atomic mass is 19.1. The predicted molar refractivity (Wildman–Crippen MR) is 91.5 cm³/mol. The molecule has 0 radical (unpaired) electrons. The Hall–Kier alpha value is -1.95. The van der Waals surface area contributed by atoms with Gasteiger partial charge in [0, 0.05) is 31.2 Å². The van der Waals surface area contributed by atoms with Crippen molar-refractivity contribution in [2.75, 3.05) is 19.8 Å². The topological polar surface area (TPSA) is 67.4 Å². The van der Waals surface area contributed by atoms with E-state index in [1.165, 1.54) is 12.1 Å². The smallest absolute Gasteiger partial charge is 0.309 e. The molecule has 25 heavy (non-hydrogen) atoms. The molecule has 6 heteroatoms. The summed E-state index contributed by atoms with van der Waals surface area (Å²) in [6, 6.07) is 6.49. The molecule has 1 aromatic carbocycles. The van der Waals surface area contributed by atoms with E-state index in [0.29, 0.717) is 19.8 Å². The lowest BCUT2D eigenvalue weighted by Crippen LogP contribution is -2.49. The normalized spacial score (nSPS) is 20.2. The number of amides is 2. The number of benzene rings is 1. The van der Waals surface area contributed by atoms with Crippen LogP contribution in [0, 0.1) is 5.82 Å². The number of halogens is 1. The van der Waals surface area contributed by atoms with Crippen molar-refractivity contribution in [3.63, 3.8) is 0 Å². The Labute approximate surface area is 147 Å². The molecule has 0 aromatic heterocycles. The van der Waals surface area contributed by atoms with E-state index >= 15 is 0 Å². The molecule has 2 N–H and O–H groups in total. The first-order chi connectivity index (χ1) is 12.1. The molecule has 0 bridgehead atoms. The zero-order chi connectivity index (χ0) is 17.7. The van der Waals surface area contributed by atoms with Gasteiger partial charge in [-0.3, -0.25) is 9.59 Å². The fourth-order valence-electron chi connectivity index (χ4n) is 3.78. The quantitative estimate of drug-likeness (QED) is 0.819. The third kappa shape index (κ3) is 4.37. The first-order valence-corrected chi connectivity index (χ1v) is 9.02. The highest BCUT2D eigenvalue weighted by Crippen LogP contribution is 2.34. The second kappa shape index (κ2) is 7.95. The van der Waals surface area contributed by atoms with Crippen molar-refractivity contribution >= 4 is 11.8 Å². The van der Waals surface area contributed by atoms with Crippen LogP contribution in [0.5, 0.6) is 0 Å². The Bertz CT molecular complexity index is 606. The fourth-order valence-corrected chi connectivity index (χ4v) is 3.78. The lowest BCUT2D eigenvalue weighted by molar-refractivity contribution is -0.139. The summed E-state index contributed by atoms with van der Waals surface area (Å²) in [5.74, 6) is -1.45. The van der Waals surface area contributed by atoms with Crippen molar-refractivity contribution in [2.45, 2.75) is 50.0 Å². The van der Waals surface area contributed by atoms with E-state index in [2.05, 4.69) is 10.6 Å². The van der Waals surface area contributed by atoms with E-state index in [9.17, 15) is 14.0 Å². The van der Waals surface area contributed by atoms with E-state index < -0.39 is 11.8 Å². The second-order valence-corrected chi connectivity index (χ2v) is 7.04. The van der Waals surface area contributed by atoms with E-state index in [4.69, 9.17) is 4.74 Å². The molecule has 1 aromatic rings. The van der Waals surface area contributed by atoms with E-state index in [0.717, 1.165) is 44.1 Å². The van der Waals surface area contributed by atoms with Crippen molar-refractivity contribution in [3.05, 3.63) is 35.6 Å². The lowest BCUT2D eigenvalue weighted by atomic mass is 9.74. The van der Waals surface area contributed by atoms with Crippen LogP contribution in [0.25, 0.3) is 0 Å². The van der Waals surface area contributed by atoms with Gasteiger partial charge in [0.25, 0.3) is 0 Å². The van der Waals surface area contributed by atoms with Crippen molar-refractivity contribution in [1.82, 2.24) is 10.6 Å². The molecule has 0 atom stereocenters. The SMILES string of the molecule is O=C(NCC1(c2ccc(F)cc2)CCOCC1)C(=O)NC1CCCC1. The van der Waals surface area contributed by atoms with Gasteiger partial charge in [0.2, 0.25) is 0 Å². The third-order valence-corrected chi connectivity index (χ3v) is 5.39. The molecule has 1 aliphatic carbocycles. The standard InChI is InChI=1S/C19H25FN2O3/c20-15-7-5-14(6-8-15)19(9-11-25-12-10-19)13-21-17(23)18(24)22-16-3-1-2-4-16/h5-8,16H,1-4,9-13H2,(H,21,23)(H,22,24). The molecule has 2 aliphatic rings. The average molecular weight is 348 g/mol. The molecule has 5 nitrogen and oxygen atoms in total.